The smallest absolute Gasteiger partial charge is 0.0502 e. The predicted octanol–water partition coefficient (Wildman–Crippen LogP) is 0.0173. The Kier molecular flexibility index (Phi) is 1.12. The van der Waals surface area contributed by atoms with Gasteiger partial charge in [0.2, 0.25) is 0 Å². The van der Waals surface area contributed by atoms with Gasteiger partial charge < -0.3 is 5.43 Å². The first-order valence-corrected chi connectivity index (χ1v) is 2.37. The largest absolute Gasteiger partial charge is 0.306 e. The molecule has 0 bridgehead atoms. The number of nitrogens with one attached hydrogen (secondary N) is 2. The van der Waals surface area contributed by atoms with Crippen molar-refractivity contribution in [3.8, 4) is 0 Å². The lowest BCUT2D eigenvalue weighted by molar-refractivity contribution is 0.450. The molecule has 0 aromatic carbocycles. The number of hydrazine groups is 2. The standard InChI is InChI=1S/C3H7N3S/c1-3-2-6(7)5-4-3/h2,4-5,7H,1H3. The van der Waals surface area contributed by atoms with Gasteiger partial charge in [0, 0.05) is 5.70 Å². The third-order valence-corrected chi connectivity index (χ3v) is 0.899. The van der Waals surface area contributed by atoms with E-state index in [2.05, 4.69) is 23.8 Å². The molecule has 0 aromatic rings. The average molecular weight is 117 g/mol. The third-order valence-electron chi connectivity index (χ3n) is 0.684. The second kappa shape index (κ2) is 1.63. The topological polar surface area (TPSA) is 27.3 Å². The first-order valence-electron chi connectivity index (χ1n) is 1.97. The fourth-order valence-corrected chi connectivity index (χ4v) is 0.617. The van der Waals surface area contributed by atoms with Gasteiger partial charge in [-0.2, -0.15) is 0 Å². The van der Waals surface area contributed by atoms with E-state index in [1.807, 2.05) is 13.1 Å². The minimum absolute atomic E-state index is 1.06. The molecule has 1 heterocycles. The Balaban J connectivity index is 2.50. The second-order valence-electron chi connectivity index (χ2n) is 1.39. The molecule has 0 unspecified atom stereocenters. The third kappa shape index (κ3) is 1.01. The fourth-order valence-electron chi connectivity index (χ4n) is 0.393. The van der Waals surface area contributed by atoms with Gasteiger partial charge in [0.25, 0.3) is 0 Å². The first-order chi connectivity index (χ1) is 3.29. The van der Waals surface area contributed by atoms with Crippen molar-refractivity contribution < 1.29 is 0 Å². The monoisotopic (exact) mass is 117 g/mol. The molecule has 0 spiro atoms. The highest BCUT2D eigenvalue weighted by Gasteiger charge is 1.99. The van der Waals surface area contributed by atoms with Gasteiger partial charge in [-0.1, -0.05) is 0 Å². The number of rotatable bonds is 0. The van der Waals surface area contributed by atoms with Gasteiger partial charge in [0.1, 0.15) is 0 Å². The van der Waals surface area contributed by atoms with Gasteiger partial charge in [-0.15, -0.1) is 5.53 Å². The Hall–Kier alpha value is -0.350. The molecule has 0 aliphatic carbocycles. The summed E-state index contributed by atoms with van der Waals surface area (Å²) in [5, 5.41) is 0. The van der Waals surface area contributed by atoms with Crippen LogP contribution in [0.25, 0.3) is 0 Å². The van der Waals surface area contributed by atoms with E-state index < -0.39 is 0 Å². The minimum Gasteiger partial charge on any atom is -0.306 e. The first kappa shape index (κ1) is 4.80. The molecule has 1 rings (SSSR count). The molecule has 2 N–H and O–H groups in total. The van der Waals surface area contributed by atoms with E-state index in [1.165, 1.54) is 0 Å². The highest BCUT2D eigenvalue weighted by atomic mass is 32.1. The zero-order valence-electron chi connectivity index (χ0n) is 3.97. The molecule has 0 atom stereocenters. The molecule has 0 fully saturated rings. The lowest BCUT2D eigenvalue weighted by atomic mass is 10.6. The van der Waals surface area contributed by atoms with Crippen LogP contribution in [0.2, 0.25) is 0 Å². The van der Waals surface area contributed by atoms with Crippen molar-refractivity contribution in [2.24, 2.45) is 0 Å². The maximum atomic E-state index is 3.94. The van der Waals surface area contributed by atoms with E-state index >= 15 is 0 Å². The molecule has 0 saturated carbocycles. The van der Waals surface area contributed by atoms with Crippen molar-refractivity contribution in [3.63, 3.8) is 0 Å². The van der Waals surface area contributed by atoms with Crippen LogP contribution in [0, 0.1) is 0 Å². The molecule has 1 aliphatic rings. The van der Waals surface area contributed by atoms with Gasteiger partial charge in [-0.3, -0.25) is 0 Å². The van der Waals surface area contributed by atoms with E-state index in [-0.39, 0.29) is 0 Å². The molecular formula is C3H7N3S. The molecule has 0 aromatic heterocycles. The maximum Gasteiger partial charge on any atom is 0.0502 e. The zero-order chi connectivity index (χ0) is 5.28. The van der Waals surface area contributed by atoms with Crippen LogP contribution in [0.5, 0.6) is 0 Å². The molecule has 4 heteroatoms. The molecule has 0 radical (unpaired) electrons. The van der Waals surface area contributed by atoms with E-state index in [4.69, 9.17) is 0 Å². The van der Waals surface area contributed by atoms with Crippen molar-refractivity contribution in [2.45, 2.75) is 6.92 Å². The number of hydrogen-bond acceptors (Lipinski definition) is 4. The van der Waals surface area contributed by atoms with E-state index in [0.717, 1.165) is 5.70 Å². The fraction of sp³-hybridized carbons (Fsp3) is 0.333. The molecule has 40 valence electrons. The number of thiol groups is 1. The van der Waals surface area contributed by atoms with E-state index in [1.54, 1.807) is 4.41 Å². The van der Waals surface area contributed by atoms with E-state index in [9.17, 15) is 0 Å². The molecule has 3 nitrogen and oxygen atoms in total. The summed E-state index contributed by atoms with van der Waals surface area (Å²) >= 11 is 3.94. The van der Waals surface area contributed by atoms with Gasteiger partial charge in [-0.05, 0) is 19.7 Å². The van der Waals surface area contributed by atoms with Crippen LogP contribution in [0.3, 0.4) is 0 Å². The van der Waals surface area contributed by atoms with Gasteiger partial charge in [-0.25, -0.2) is 4.41 Å². The Morgan fingerprint density at radius 3 is 2.71 bits per heavy atom. The Bertz CT molecular complexity index is 100. The van der Waals surface area contributed by atoms with Crippen LogP contribution < -0.4 is 11.0 Å². The molecule has 1 aliphatic heterocycles. The lowest BCUT2D eigenvalue weighted by Crippen LogP contribution is -2.29. The molecule has 0 amide bonds. The molecule has 0 saturated heterocycles. The van der Waals surface area contributed by atoms with Crippen molar-refractivity contribution in [1.29, 1.82) is 0 Å². The Labute approximate surface area is 47.9 Å². The summed E-state index contributed by atoms with van der Waals surface area (Å²) in [6.07, 6.45) is 1.84. The van der Waals surface area contributed by atoms with Crippen LogP contribution >= 0.6 is 12.8 Å². The van der Waals surface area contributed by atoms with Crippen molar-refractivity contribution in [2.75, 3.05) is 0 Å². The highest BCUT2D eigenvalue weighted by Crippen LogP contribution is 1.97. The summed E-state index contributed by atoms with van der Waals surface area (Å²) in [6, 6.07) is 0. The summed E-state index contributed by atoms with van der Waals surface area (Å²) in [6.45, 7) is 1.95. The molecule has 7 heavy (non-hydrogen) atoms. The number of allylic oxidation sites excluding steroid dienone is 1. The van der Waals surface area contributed by atoms with E-state index in [0.29, 0.717) is 0 Å². The Morgan fingerprint density at radius 1 is 1.86 bits per heavy atom. The SMILES string of the molecule is CC1=CN(S)NN1. The molecular weight excluding hydrogens is 110 g/mol. The highest BCUT2D eigenvalue weighted by molar-refractivity contribution is 7.77. The summed E-state index contributed by atoms with van der Waals surface area (Å²) in [7, 11) is 0. The van der Waals surface area contributed by atoms with Crippen LogP contribution in [0.15, 0.2) is 11.9 Å². The summed E-state index contributed by atoms with van der Waals surface area (Å²) in [5.74, 6) is 0. The van der Waals surface area contributed by atoms with Gasteiger partial charge in [0.05, 0.1) is 6.20 Å². The Morgan fingerprint density at radius 2 is 2.57 bits per heavy atom. The quantitative estimate of drug-likeness (QED) is 0.390. The summed E-state index contributed by atoms with van der Waals surface area (Å²) in [5.41, 5.74) is 6.62. The van der Waals surface area contributed by atoms with Gasteiger partial charge >= 0.3 is 0 Å². The number of hydrogen-bond donors (Lipinski definition) is 3. The van der Waals surface area contributed by atoms with Crippen LogP contribution in [-0.4, -0.2) is 4.41 Å². The van der Waals surface area contributed by atoms with Crippen molar-refractivity contribution in [3.05, 3.63) is 11.9 Å². The maximum absolute atomic E-state index is 3.94. The lowest BCUT2D eigenvalue weighted by Gasteiger charge is -2.02. The van der Waals surface area contributed by atoms with Crippen molar-refractivity contribution >= 4 is 12.8 Å². The zero-order valence-corrected chi connectivity index (χ0v) is 4.87. The van der Waals surface area contributed by atoms with Gasteiger partial charge in [0.15, 0.2) is 0 Å². The summed E-state index contributed by atoms with van der Waals surface area (Å²) < 4.78 is 1.55. The average Bonchev–Trinajstić information content (AvgIpc) is 1.87. The van der Waals surface area contributed by atoms with Crippen LogP contribution in [0.1, 0.15) is 6.92 Å². The minimum atomic E-state index is 1.06. The van der Waals surface area contributed by atoms with Crippen LogP contribution in [0.4, 0.5) is 0 Å². The summed E-state index contributed by atoms with van der Waals surface area (Å²) in [4.78, 5) is 0. The predicted molar refractivity (Wildman–Crippen MR) is 30.9 cm³/mol. The van der Waals surface area contributed by atoms with Crippen LogP contribution in [-0.2, 0) is 0 Å². The second-order valence-corrected chi connectivity index (χ2v) is 1.82. The number of nitrogens with zero attached hydrogens (tertiary/aromatic N) is 1. The van der Waals surface area contributed by atoms with Crippen molar-refractivity contribution in [1.82, 2.24) is 15.4 Å². The normalized spacial score (nSPS) is 19.1.